The minimum absolute atomic E-state index is 0.0964. The Hall–Kier alpha value is -0.883. The van der Waals surface area contributed by atoms with E-state index in [1.165, 1.54) is 0 Å². The molecular formula is C15H26O4Si. The molecule has 4 nitrogen and oxygen atoms in total. The zero-order valence-electron chi connectivity index (χ0n) is 12.9. The zero-order valence-corrected chi connectivity index (χ0v) is 13.9. The third-order valence-electron chi connectivity index (χ3n) is 2.84. The van der Waals surface area contributed by atoms with Crippen LogP contribution < -0.4 is 4.74 Å². The monoisotopic (exact) mass is 298 g/mol. The van der Waals surface area contributed by atoms with Gasteiger partial charge in [0, 0.05) is 19.3 Å². The average molecular weight is 298 g/mol. The maximum Gasteiger partial charge on any atom is 0.540 e. The molecule has 0 saturated heterocycles. The van der Waals surface area contributed by atoms with Crippen LogP contribution in [-0.4, -0.2) is 34.4 Å². The van der Waals surface area contributed by atoms with Gasteiger partial charge in [-0.3, -0.25) is 0 Å². The highest BCUT2D eigenvalue weighted by Crippen LogP contribution is 2.17. The first-order valence-electron chi connectivity index (χ1n) is 7.29. The third kappa shape index (κ3) is 5.62. The molecule has 0 aliphatic carbocycles. The van der Waals surface area contributed by atoms with E-state index in [1.807, 2.05) is 51.1 Å². The predicted octanol–water partition coefficient (Wildman–Crippen LogP) is 3.43. The maximum atomic E-state index is 6.06. The first-order valence-corrected chi connectivity index (χ1v) is 9.22. The van der Waals surface area contributed by atoms with Crippen molar-refractivity contribution in [2.45, 2.75) is 40.2 Å². The van der Waals surface area contributed by atoms with Crippen LogP contribution in [0.2, 0.25) is 0 Å². The zero-order chi connectivity index (χ0) is 14.8. The highest BCUT2D eigenvalue weighted by molar-refractivity contribution is 6.60. The highest BCUT2D eigenvalue weighted by Gasteiger charge is 2.43. The highest BCUT2D eigenvalue weighted by atomic mass is 28.4. The average Bonchev–Trinajstić information content (AvgIpc) is 2.47. The summed E-state index contributed by atoms with van der Waals surface area (Å²) < 4.78 is 23.5. The number of benzene rings is 1. The van der Waals surface area contributed by atoms with Crippen molar-refractivity contribution in [2.75, 3.05) is 19.4 Å². The fourth-order valence-electron chi connectivity index (χ4n) is 1.75. The molecule has 1 atom stereocenters. The molecule has 0 fully saturated rings. The lowest BCUT2D eigenvalue weighted by atomic mass is 10.3. The van der Waals surface area contributed by atoms with Crippen molar-refractivity contribution in [1.82, 2.24) is 0 Å². The van der Waals surface area contributed by atoms with E-state index in [-0.39, 0.29) is 6.10 Å². The van der Waals surface area contributed by atoms with Crippen LogP contribution in [0.3, 0.4) is 0 Å². The number of hydrogen-bond donors (Lipinski definition) is 0. The Bertz CT molecular complexity index is 352. The van der Waals surface area contributed by atoms with Gasteiger partial charge in [-0.25, -0.2) is 0 Å². The van der Waals surface area contributed by atoms with Gasteiger partial charge in [-0.2, -0.15) is 0 Å². The van der Waals surface area contributed by atoms with Gasteiger partial charge in [0.2, 0.25) is 0 Å². The molecule has 0 bridgehead atoms. The molecule has 5 heteroatoms. The van der Waals surface area contributed by atoms with E-state index in [9.17, 15) is 0 Å². The fraction of sp³-hybridized carbons (Fsp3) is 0.600. The summed E-state index contributed by atoms with van der Waals surface area (Å²) in [5.74, 6) is 0.802. The molecule has 0 amide bonds. The van der Waals surface area contributed by atoms with Gasteiger partial charge in [0.05, 0.1) is 0 Å². The molecule has 0 aromatic heterocycles. The van der Waals surface area contributed by atoms with E-state index >= 15 is 0 Å². The normalized spacial score (nSPS) is 13.2. The molecule has 114 valence electrons. The SMILES string of the molecule is CCO[Si](COc1ccccc1)(OCC)OC(C)CC. The molecule has 1 aromatic rings. The van der Waals surface area contributed by atoms with Gasteiger partial charge in [0.25, 0.3) is 0 Å². The molecule has 0 saturated carbocycles. The van der Waals surface area contributed by atoms with Gasteiger partial charge in [0.15, 0.2) is 6.23 Å². The molecule has 20 heavy (non-hydrogen) atoms. The van der Waals surface area contributed by atoms with E-state index in [4.69, 9.17) is 18.0 Å². The Morgan fingerprint density at radius 2 is 1.60 bits per heavy atom. The minimum Gasteiger partial charge on any atom is -0.489 e. The molecule has 1 rings (SSSR count). The van der Waals surface area contributed by atoms with Crippen LogP contribution in [0.4, 0.5) is 0 Å². The number of rotatable bonds is 10. The second kappa shape index (κ2) is 9.13. The number of ether oxygens (including phenoxy) is 1. The molecule has 1 unspecified atom stereocenters. The summed E-state index contributed by atoms with van der Waals surface area (Å²) >= 11 is 0. The number of para-hydroxylation sites is 1. The minimum atomic E-state index is -2.78. The summed E-state index contributed by atoms with van der Waals surface area (Å²) in [6, 6.07) is 9.67. The lowest BCUT2D eigenvalue weighted by Crippen LogP contribution is -2.53. The summed E-state index contributed by atoms with van der Waals surface area (Å²) in [6.45, 7) is 9.12. The van der Waals surface area contributed by atoms with E-state index < -0.39 is 8.80 Å². The predicted molar refractivity (Wildman–Crippen MR) is 81.8 cm³/mol. The molecule has 0 N–H and O–H groups in total. The molecule has 0 heterocycles. The van der Waals surface area contributed by atoms with Crippen molar-refractivity contribution in [2.24, 2.45) is 0 Å². The van der Waals surface area contributed by atoms with E-state index in [0.717, 1.165) is 12.2 Å². The molecule has 0 spiro atoms. The molecule has 0 aliphatic heterocycles. The summed E-state index contributed by atoms with van der Waals surface area (Å²) in [5.41, 5.74) is 0. The topological polar surface area (TPSA) is 36.9 Å². The van der Waals surface area contributed by atoms with Crippen LogP contribution in [0.1, 0.15) is 34.1 Å². The smallest absolute Gasteiger partial charge is 0.489 e. The summed E-state index contributed by atoms with van der Waals surface area (Å²) in [5, 5.41) is 0. The standard InChI is InChI=1S/C15H26O4Si/c1-5-14(4)19-20(17-6-2,18-7-3)13-16-15-11-9-8-10-12-15/h8-12,14H,5-7,13H2,1-4H3. The van der Waals surface area contributed by atoms with Crippen molar-refractivity contribution in [3.63, 3.8) is 0 Å². The fourth-order valence-corrected chi connectivity index (χ4v) is 4.20. The van der Waals surface area contributed by atoms with E-state index in [1.54, 1.807) is 0 Å². The van der Waals surface area contributed by atoms with Crippen LogP contribution in [0.25, 0.3) is 0 Å². The van der Waals surface area contributed by atoms with Gasteiger partial charge in [-0.15, -0.1) is 0 Å². The lowest BCUT2D eigenvalue weighted by Gasteiger charge is -2.31. The Balaban J connectivity index is 2.73. The second-order valence-corrected chi connectivity index (χ2v) is 6.96. The molecule has 0 radical (unpaired) electrons. The van der Waals surface area contributed by atoms with Crippen molar-refractivity contribution >= 4 is 8.80 Å². The van der Waals surface area contributed by atoms with Crippen molar-refractivity contribution < 1.29 is 18.0 Å². The molecule has 0 aliphatic rings. The van der Waals surface area contributed by atoms with Crippen molar-refractivity contribution in [3.8, 4) is 5.75 Å². The Morgan fingerprint density at radius 3 is 2.10 bits per heavy atom. The van der Waals surface area contributed by atoms with Gasteiger partial charge >= 0.3 is 8.80 Å². The first kappa shape index (κ1) is 17.2. The van der Waals surface area contributed by atoms with Crippen LogP contribution in [0.15, 0.2) is 30.3 Å². The largest absolute Gasteiger partial charge is 0.540 e. The van der Waals surface area contributed by atoms with Crippen LogP contribution in [0.5, 0.6) is 5.75 Å². The Kier molecular flexibility index (Phi) is 7.83. The maximum absolute atomic E-state index is 6.06. The summed E-state index contributed by atoms with van der Waals surface area (Å²) in [4.78, 5) is 0. The van der Waals surface area contributed by atoms with Crippen molar-refractivity contribution in [3.05, 3.63) is 30.3 Å². The van der Waals surface area contributed by atoms with E-state index in [2.05, 4.69) is 6.92 Å². The molecular weight excluding hydrogens is 272 g/mol. The lowest BCUT2D eigenvalue weighted by molar-refractivity contribution is 0.0233. The van der Waals surface area contributed by atoms with Crippen LogP contribution in [-0.2, 0) is 13.3 Å². The quantitative estimate of drug-likeness (QED) is 0.620. The van der Waals surface area contributed by atoms with Crippen molar-refractivity contribution in [1.29, 1.82) is 0 Å². The third-order valence-corrected chi connectivity index (χ3v) is 5.56. The summed E-state index contributed by atoms with van der Waals surface area (Å²) in [6.07, 6.45) is 1.35. The summed E-state index contributed by atoms with van der Waals surface area (Å²) in [7, 11) is -2.78. The van der Waals surface area contributed by atoms with Crippen LogP contribution >= 0.6 is 0 Å². The Morgan fingerprint density at radius 1 is 1.00 bits per heavy atom. The first-order chi connectivity index (χ1) is 9.65. The molecule has 1 aromatic carbocycles. The van der Waals surface area contributed by atoms with Gasteiger partial charge < -0.3 is 18.0 Å². The number of hydrogen-bond acceptors (Lipinski definition) is 4. The van der Waals surface area contributed by atoms with E-state index in [0.29, 0.717) is 19.4 Å². The van der Waals surface area contributed by atoms with Gasteiger partial charge in [-0.05, 0) is 39.3 Å². The Labute approximate surface area is 123 Å². The van der Waals surface area contributed by atoms with Gasteiger partial charge in [-0.1, -0.05) is 25.1 Å². The van der Waals surface area contributed by atoms with Crippen LogP contribution in [0, 0.1) is 0 Å². The second-order valence-electron chi connectivity index (χ2n) is 4.49. The van der Waals surface area contributed by atoms with Gasteiger partial charge in [0.1, 0.15) is 5.75 Å².